The maximum absolute atomic E-state index is 5.77. The quantitative estimate of drug-likeness (QED) is 0.891. The molecule has 2 rings (SSSR count). The van der Waals surface area contributed by atoms with E-state index in [4.69, 9.17) is 10.5 Å². The average molecular weight is 252 g/mol. The van der Waals surface area contributed by atoms with Gasteiger partial charge < -0.3 is 15.4 Å². The molecule has 1 aliphatic heterocycles. The van der Waals surface area contributed by atoms with Crippen LogP contribution in [-0.2, 0) is 0 Å². The normalized spacial score (nSPS) is 20.4. The number of benzene rings is 1. The van der Waals surface area contributed by atoms with Crippen molar-refractivity contribution in [3.8, 4) is 5.75 Å². The molecule has 1 saturated heterocycles. The molecule has 0 aromatic heterocycles. The fraction of sp³-hybridized carbons (Fsp3) is 0.538. The third kappa shape index (κ3) is 2.87. The highest BCUT2D eigenvalue weighted by Gasteiger charge is 2.21. The molecule has 3 nitrogen and oxygen atoms in total. The standard InChI is InChI=1S/C13H20N2OS/c1-10-3-4-13(16-2)12(7-10)15-5-6-17-11(8-14)9-15/h3-4,7,11H,5-6,8-9,14H2,1-2H3. The summed E-state index contributed by atoms with van der Waals surface area (Å²) in [6.45, 7) is 4.94. The van der Waals surface area contributed by atoms with Crippen LogP contribution in [0.4, 0.5) is 5.69 Å². The van der Waals surface area contributed by atoms with Gasteiger partial charge in [-0.2, -0.15) is 11.8 Å². The number of ether oxygens (including phenoxy) is 1. The maximum atomic E-state index is 5.77. The van der Waals surface area contributed by atoms with E-state index in [0.717, 1.165) is 31.1 Å². The summed E-state index contributed by atoms with van der Waals surface area (Å²) in [5, 5.41) is 0.536. The molecule has 0 aliphatic carbocycles. The third-order valence-corrected chi connectivity index (χ3v) is 4.31. The second kappa shape index (κ2) is 5.65. The summed E-state index contributed by atoms with van der Waals surface area (Å²) in [6.07, 6.45) is 0. The topological polar surface area (TPSA) is 38.5 Å². The van der Waals surface area contributed by atoms with Gasteiger partial charge >= 0.3 is 0 Å². The maximum Gasteiger partial charge on any atom is 0.142 e. The lowest BCUT2D eigenvalue weighted by Crippen LogP contribution is -2.41. The summed E-state index contributed by atoms with van der Waals surface area (Å²) in [4.78, 5) is 2.39. The largest absolute Gasteiger partial charge is 0.495 e. The van der Waals surface area contributed by atoms with Crippen LogP contribution in [0.25, 0.3) is 0 Å². The van der Waals surface area contributed by atoms with Crippen LogP contribution in [-0.4, -0.2) is 37.7 Å². The number of hydrogen-bond acceptors (Lipinski definition) is 4. The van der Waals surface area contributed by atoms with E-state index in [9.17, 15) is 0 Å². The van der Waals surface area contributed by atoms with E-state index >= 15 is 0 Å². The summed E-state index contributed by atoms with van der Waals surface area (Å²) in [5.41, 5.74) is 8.23. The van der Waals surface area contributed by atoms with Crippen molar-refractivity contribution >= 4 is 17.4 Å². The zero-order valence-electron chi connectivity index (χ0n) is 10.5. The molecule has 1 aromatic carbocycles. The van der Waals surface area contributed by atoms with Crippen LogP contribution in [0.3, 0.4) is 0 Å². The third-order valence-electron chi connectivity index (χ3n) is 3.08. The molecule has 2 N–H and O–H groups in total. The summed E-state index contributed by atoms with van der Waals surface area (Å²) >= 11 is 1.97. The Labute approximate surface area is 107 Å². The Morgan fingerprint density at radius 1 is 1.53 bits per heavy atom. The first-order valence-corrected chi connectivity index (χ1v) is 7.00. The van der Waals surface area contributed by atoms with Crippen molar-refractivity contribution in [3.05, 3.63) is 23.8 Å². The predicted molar refractivity (Wildman–Crippen MR) is 75.2 cm³/mol. The van der Waals surface area contributed by atoms with E-state index in [1.165, 1.54) is 11.3 Å². The van der Waals surface area contributed by atoms with Crippen LogP contribution in [0.2, 0.25) is 0 Å². The van der Waals surface area contributed by atoms with Crippen molar-refractivity contribution in [1.82, 2.24) is 0 Å². The molecular formula is C13H20N2OS. The molecule has 1 aliphatic rings. The van der Waals surface area contributed by atoms with Gasteiger partial charge in [0.2, 0.25) is 0 Å². The average Bonchev–Trinajstić information content (AvgIpc) is 2.39. The van der Waals surface area contributed by atoms with Gasteiger partial charge in [-0.25, -0.2) is 0 Å². The van der Waals surface area contributed by atoms with Gasteiger partial charge in [-0.05, 0) is 24.6 Å². The Morgan fingerprint density at radius 2 is 2.35 bits per heavy atom. The molecular weight excluding hydrogens is 232 g/mol. The molecule has 1 fully saturated rings. The first kappa shape index (κ1) is 12.6. The van der Waals surface area contributed by atoms with Gasteiger partial charge in [-0.3, -0.25) is 0 Å². The summed E-state index contributed by atoms with van der Waals surface area (Å²) in [7, 11) is 1.73. The van der Waals surface area contributed by atoms with E-state index in [2.05, 4.69) is 24.0 Å². The van der Waals surface area contributed by atoms with Crippen molar-refractivity contribution in [1.29, 1.82) is 0 Å². The molecule has 0 spiro atoms. The molecule has 94 valence electrons. The number of thioether (sulfide) groups is 1. The van der Waals surface area contributed by atoms with Crippen LogP contribution < -0.4 is 15.4 Å². The lowest BCUT2D eigenvalue weighted by molar-refractivity contribution is 0.414. The zero-order valence-corrected chi connectivity index (χ0v) is 11.3. The van der Waals surface area contributed by atoms with Crippen LogP contribution in [0.1, 0.15) is 5.56 Å². The van der Waals surface area contributed by atoms with Gasteiger partial charge in [0, 0.05) is 30.6 Å². The van der Waals surface area contributed by atoms with Gasteiger partial charge in [0.05, 0.1) is 12.8 Å². The Bertz CT molecular complexity index is 384. The molecule has 0 saturated carbocycles. The van der Waals surface area contributed by atoms with Crippen LogP contribution in [0.15, 0.2) is 18.2 Å². The molecule has 0 radical (unpaired) electrons. The highest BCUT2D eigenvalue weighted by molar-refractivity contribution is 8.00. The van der Waals surface area contributed by atoms with Crippen LogP contribution >= 0.6 is 11.8 Å². The molecule has 4 heteroatoms. The zero-order chi connectivity index (χ0) is 12.3. The SMILES string of the molecule is COc1ccc(C)cc1N1CCSC(CN)C1. The van der Waals surface area contributed by atoms with Crippen LogP contribution in [0.5, 0.6) is 5.75 Å². The number of aryl methyl sites for hydroxylation is 1. The van der Waals surface area contributed by atoms with Crippen molar-refractivity contribution in [2.45, 2.75) is 12.2 Å². The molecule has 1 atom stereocenters. The lowest BCUT2D eigenvalue weighted by atomic mass is 10.2. The number of rotatable bonds is 3. The van der Waals surface area contributed by atoms with Crippen molar-refractivity contribution in [3.63, 3.8) is 0 Å². The fourth-order valence-corrected chi connectivity index (χ4v) is 3.21. The lowest BCUT2D eigenvalue weighted by Gasteiger charge is -2.34. The van der Waals surface area contributed by atoms with E-state index in [0.29, 0.717) is 5.25 Å². The minimum Gasteiger partial charge on any atom is -0.495 e. The number of methoxy groups -OCH3 is 1. The van der Waals surface area contributed by atoms with Gasteiger partial charge in [0.25, 0.3) is 0 Å². The first-order chi connectivity index (χ1) is 8.24. The van der Waals surface area contributed by atoms with Crippen molar-refractivity contribution in [2.75, 3.05) is 37.4 Å². The molecule has 1 unspecified atom stereocenters. The highest BCUT2D eigenvalue weighted by atomic mass is 32.2. The van der Waals surface area contributed by atoms with E-state index in [1.807, 2.05) is 17.8 Å². The van der Waals surface area contributed by atoms with Gasteiger partial charge in [-0.15, -0.1) is 0 Å². The fourth-order valence-electron chi connectivity index (χ4n) is 2.13. The van der Waals surface area contributed by atoms with Crippen molar-refractivity contribution in [2.24, 2.45) is 5.73 Å². The molecule has 0 bridgehead atoms. The summed E-state index contributed by atoms with van der Waals surface area (Å²) in [6, 6.07) is 6.33. The highest BCUT2D eigenvalue weighted by Crippen LogP contribution is 2.32. The van der Waals surface area contributed by atoms with Crippen LogP contribution in [0, 0.1) is 6.92 Å². The van der Waals surface area contributed by atoms with E-state index in [-0.39, 0.29) is 0 Å². The van der Waals surface area contributed by atoms with Gasteiger partial charge in [0.15, 0.2) is 0 Å². The Hall–Kier alpha value is -0.870. The molecule has 1 aromatic rings. The molecule has 1 heterocycles. The number of anilines is 1. The second-order valence-electron chi connectivity index (χ2n) is 4.35. The molecule has 0 amide bonds. The smallest absolute Gasteiger partial charge is 0.142 e. The summed E-state index contributed by atoms with van der Waals surface area (Å²) in [5.74, 6) is 2.09. The van der Waals surface area contributed by atoms with E-state index in [1.54, 1.807) is 7.11 Å². The number of hydrogen-bond donors (Lipinski definition) is 1. The number of nitrogens with two attached hydrogens (primary N) is 1. The predicted octanol–water partition coefficient (Wildman–Crippen LogP) is 1.88. The Morgan fingerprint density at radius 3 is 3.06 bits per heavy atom. The second-order valence-corrected chi connectivity index (χ2v) is 5.76. The van der Waals surface area contributed by atoms with Crippen molar-refractivity contribution < 1.29 is 4.74 Å². The first-order valence-electron chi connectivity index (χ1n) is 5.96. The van der Waals surface area contributed by atoms with E-state index < -0.39 is 0 Å². The summed E-state index contributed by atoms with van der Waals surface area (Å²) < 4.78 is 5.44. The van der Waals surface area contributed by atoms with Gasteiger partial charge in [-0.1, -0.05) is 6.07 Å². The van der Waals surface area contributed by atoms with Gasteiger partial charge in [0.1, 0.15) is 5.75 Å². The molecule has 17 heavy (non-hydrogen) atoms. The minimum absolute atomic E-state index is 0.536. The Kier molecular flexibility index (Phi) is 4.18. The Balaban J connectivity index is 2.22. The monoisotopic (exact) mass is 252 g/mol. The number of nitrogens with zero attached hydrogens (tertiary/aromatic N) is 1. The minimum atomic E-state index is 0.536.